The first-order chi connectivity index (χ1) is 9.11. The molecule has 1 aromatic heterocycles. The van der Waals surface area contributed by atoms with E-state index in [1.165, 1.54) is 6.33 Å². The maximum Gasteiger partial charge on any atom is 0.276 e. The van der Waals surface area contributed by atoms with Crippen LogP contribution in [0.3, 0.4) is 0 Å². The topological polar surface area (TPSA) is 101 Å². The molecule has 0 aliphatic heterocycles. The van der Waals surface area contributed by atoms with Crippen molar-refractivity contribution in [3.8, 4) is 0 Å². The van der Waals surface area contributed by atoms with Crippen molar-refractivity contribution in [2.75, 3.05) is 22.9 Å². The molecule has 5 N–H and O–H groups in total. The molecule has 0 saturated heterocycles. The van der Waals surface area contributed by atoms with Gasteiger partial charge in [0.05, 0.1) is 6.33 Å². The SMILES string of the molecule is CCN(Cc1cccc(N)c1)c1nc[nH]c(=O)c1N. The zero-order valence-corrected chi connectivity index (χ0v) is 10.8. The molecule has 2 rings (SSSR count). The number of nitrogens with two attached hydrogens (primary N) is 2. The smallest absolute Gasteiger partial charge is 0.276 e. The van der Waals surface area contributed by atoms with Gasteiger partial charge in [-0.25, -0.2) is 4.98 Å². The Kier molecular flexibility index (Phi) is 3.70. The van der Waals surface area contributed by atoms with Crippen molar-refractivity contribution in [3.05, 3.63) is 46.5 Å². The van der Waals surface area contributed by atoms with Crippen LogP contribution < -0.4 is 21.9 Å². The summed E-state index contributed by atoms with van der Waals surface area (Å²) in [6.07, 6.45) is 1.36. The van der Waals surface area contributed by atoms with E-state index in [1.807, 2.05) is 36.1 Å². The second-order valence-corrected chi connectivity index (χ2v) is 4.23. The Morgan fingerprint density at radius 2 is 2.16 bits per heavy atom. The summed E-state index contributed by atoms with van der Waals surface area (Å²) >= 11 is 0. The number of anilines is 3. The molecule has 0 amide bonds. The third-order valence-electron chi connectivity index (χ3n) is 2.87. The highest BCUT2D eigenvalue weighted by Crippen LogP contribution is 2.18. The maximum absolute atomic E-state index is 11.5. The number of aromatic nitrogens is 2. The van der Waals surface area contributed by atoms with E-state index in [-0.39, 0.29) is 11.2 Å². The summed E-state index contributed by atoms with van der Waals surface area (Å²) in [5, 5.41) is 0. The van der Waals surface area contributed by atoms with Crippen LogP contribution in [0.2, 0.25) is 0 Å². The molecular weight excluding hydrogens is 242 g/mol. The molecule has 0 fully saturated rings. The summed E-state index contributed by atoms with van der Waals surface area (Å²) in [6.45, 7) is 3.27. The lowest BCUT2D eigenvalue weighted by atomic mass is 10.2. The minimum Gasteiger partial charge on any atom is -0.399 e. The lowest BCUT2D eigenvalue weighted by molar-refractivity contribution is 0.810. The summed E-state index contributed by atoms with van der Waals surface area (Å²) in [4.78, 5) is 20.0. The molecule has 1 aromatic carbocycles. The van der Waals surface area contributed by atoms with E-state index in [0.717, 1.165) is 5.56 Å². The van der Waals surface area contributed by atoms with Crippen LogP contribution in [0.25, 0.3) is 0 Å². The van der Waals surface area contributed by atoms with Gasteiger partial charge in [-0.05, 0) is 24.6 Å². The molecule has 6 nitrogen and oxygen atoms in total. The van der Waals surface area contributed by atoms with Crippen molar-refractivity contribution in [2.45, 2.75) is 13.5 Å². The summed E-state index contributed by atoms with van der Waals surface area (Å²) in [6, 6.07) is 7.60. The number of H-pyrrole nitrogens is 1. The van der Waals surface area contributed by atoms with Crippen molar-refractivity contribution in [1.82, 2.24) is 9.97 Å². The molecule has 1 heterocycles. The lowest BCUT2D eigenvalue weighted by Crippen LogP contribution is -2.27. The third kappa shape index (κ3) is 2.85. The fourth-order valence-electron chi connectivity index (χ4n) is 1.90. The molecule has 100 valence electrons. The van der Waals surface area contributed by atoms with Crippen LogP contribution >= 0.6 is 0 Å². The van der Waals surface area contributed by atoms with Crippen LogP contribution in [-0.2, 0) is 6.54 Å². The predicted octanol–water partition coefficient (Wildman–Crippen LogP) is 0.961. The van der Waals surface area contributed by atoms with Gasteiger partial charge in [0.15, 0.2) is 5.82 Å². The Bertz CT molecular complexity index is 622. The van der Waals surface area contributed by atoms with E-state index in [9.17, 15) is 4.79 Å². The largest absolute Gasteiger partial charge is 0.399 e. The highest BCUT2D eigenvalue weighted by atomic mass is 16.1. The predicted molar refractivity (Wildman–Crippen MR) is 76.8 cm³/mol. The number of nitrogens with one attached hydrogen (secondary N) is 1. The summed E-state index contributed by atoms with van der Waals surface area (Å²) < 4.78 is 0. The summed E-state index contributed by atoms with van der Waals surface area (Å²) in [7, 11) is 0. The minimum atomic E-state index is -0.323. The van der Waals surface area contributed by atoms with Gasteiger partial charge >= 0.3 is 0 Å². The van der Waals surface area contributed by atoms with Gasteiger partial charge in [0.2, 0.25) is 0 Å². The normalized spacial score (nSPS) is 10.4. The molecule has 0 atom stereocenters. The minimum absolute atomic E-state index is 0.133. The van der Waals surface area contributed by atoms with Crippen molar-refractivity contribution in [1.29, 1.82) is 0 Å². The molecule has 19 heavy (non-hydrogen) atoms. The fourth-order valence-corrected chi connectivity index (χ4v) is 1.90. The van der Waals surface area contributed by atoms with E-state index in [2.05, 4.69) is 9.97 Å². The number of nitrogens with zero attached hydrogens (tertiary/aromatic N) is 2. The van der Waals surface area contributed by atoms with Gasteiger partial charge < -0.3 is 21.4 Å². The van der Waals surface area contributed by atoms with Gasteiger partial charge in [-0.15, -0.1) is 0 Å². The van der Waals surface area contributed by atoms with Gasteiger partial charge in [-0.1, -0.05) is 12.1 Å². The number of hydrogen-bond donors (Lipinski definition) is 3. The Labute approximate surface area is 111 Å². The van der Waals surface area contributed by atoms with Gasteiger partial charge in [0.25, 0.3) is 5.56 Å². The third-order valence-corrected chi connectivity index (χ3v) is 2.87. The van der Waals surface area contributed by atoms with Gasteiger partial charge in [-0.2, -0.15) is 0 Å². The molecular formula is C13H17N5O. The Balaban J connectivity index is 2.30. The van der Waals surface area contributed by atoms with Crippen molar-refractivity contribution in [3.63, 3.8) is 0 Å². The van der Waals surface area contributed by atoms with Crippen LogP contribution in [0.5, 0.6) is 0 Å². The first-order valence-electron chi connectivity index (χ1n) is 6.04. The molecule has 0 spiro atoms. The van der Waals surface area contributed by atoms with E-state index in [0.29, 0.717) is 24.6 Å². The molecule has 0 radical (unpaired) electrons. The number of benzene rings is 1. The van der Waals surface area contributed by atoms with Crippen LogP contribution in [0.1, 0.15) is 12.5 Å². The molecule has 0 bridgehead atoms. The van der Waals surface area contributed by atoms with E-state index < -0.39 is 0 Å². The zero-order chi connectivity index (χ0) is 13.8. The van der Waals surface area contributed by atoms with Crippen molar-refractivity contribution >= 4 is 17.2 Å². The molecule has 0 unspecified atom stereocenters. The first-order valence-corrected chi connectivity index (χ1v) is 6.04. The molecule has 0 saturated carbocycles. The van der Waals surface area contributed by atoms with E-state index in [1.54, 1.807) is 0 Å². The van der Waals surface area contributed by atoms with Crippen molar-refractivity contribution < 1.29 is 0 Å². The number of nitrogen functional groups attached to an aromatic ring is 2. The molecule has 0 aliphatic carbocycles. The van der Waals surface area contributed by atoms with E-state index in [4.69, 9.17) is 11.5 Å². The zero-order valence-electron chi connectivity index (χ0n) is 10.8. The summed E-state index contributed by atoms with van der Waals surface area (Å²) in [5.41, 5.74) is 13.1. The average Bonchev–Trinajstić information content (AvgIpc) is 2.40. The molecule has 0 aliphatic rings. The number of aromatic amines is 1. The number of rotatable bonds is 4. The highest BCUT2D eigenvalue weighted by molar-refractivity contribution is 5.61. The van der Waals surface area contributed by atoms with Crippen LogP contribution in [0.15, 0.2) is 35.4 Å². The second kappa shape index (κ2) is 5.43. The maximum atomic E-state index is 11.5. The first kappa shape index (κ1) is 12.9. The van der Waals surface area contributed by atoms with Crippen LogP contribution in [0, 0.1) is 0 Å². The van der Waals surface area contributed by atoms with Crippen molar-refractivity contribution in [2.24, 2.45) is 0 Å². The van der Waals surface area contributed by atoms with Crippen LogP contribution in [0.4, 0.5) is 17.2 Å². The fraction of sp³-hybridized carbons (Fsp3) is 0.231. The van der Waals surface area contributed by atoms with E-state index >= 15 is 0 Å². The van der Waals surface area contributed by atoms with Gasteiger partial charge in [0, 0.05) is 18.8 Å². The van der Waals surface area contributed by atoms with Gasteiger partial charge in [0.1, 0.15) is 5.69 Å². The Hall–Kier alpha value is -2.50. The Morgan fingerprint density at radius 1 is 1.37 bits per heavy atom. The quantitative estimate of drug-likeness (QED) is 0.710. The second-order valence-electron chi connectivity index (χ2n) is 4.23. The average molecular weight is 259 g/mol. The van der Waals surface area contributed by atoms with Crippen LogP contribution in [-0.4, -0.2) is 16.5 Å². The van der Waals surface area contributed by atoms with Gasteiger partial charge in [-0.3, -0.25) is 4.79 Å². The molecule has 6 heteroatoms. The number of hydrogen-bond acceptors (Lipinski definition) is 5. The highest BCUT2D eigenvalue weighted by Gasteiger charge is 2.12. The molecule has 2 aromatic rings. The summed E-state index contributed by atoms with van der Waals surface area (Å²) in [5.74, 6) is 0.494. The Morgan fingerprint density at radius 3 is 2.84 bits per heavy atom. The standard InChI is InChI=1S/C13H17N5O/c1-2-18(7-9-4-3-5-10(14)6-9)12-11(15)13(19)17-8-16-12/h3-6,8H,2,7,14-15H2,1H3,(H,16,17,19). The lowest BCUT2D eigenvalue weighted by Gasteiger charge is -2.22. The monoisotopic (exact) mass is 259 g/mol.